The monoisotopic (exact) mass is 337 g/mol. The maximum absolute atomic E-state index is 12.7. The molecule has 0 saturated carbocycles. The van der Waals surface area contributed by atoms with Gasteiger partial charge in [0.2, 0.25) is 0 Å². The number of hydrogen-bond donors (Lipinski definition) is 0. The molecular formula is C17H24BrNO. The van der Waals surface area contributed by atoms with Gasteiger partial charge < -0.3 is 4.90 Å². The van der Waals surface area contributed by atoms with Gasteiger partial charge in [-0.1, -0.05) is 25.5 Å². The molecule has 0 radical (unpaired) electrons. The third kappa shape index (κ3) is 3.63. The molecule has 2 rings (SSSR count). The fraction of sp³-hybridized carbons (Fsp3) is 0.588. The number of rotatable bonds is 2. The van der Waals surface area contributed by atoms with Crippen molar-refractivity contribution in [1.29, 1.82) is 0 Å². The SMILES string of the molecule is Cc1ccc(Br)c(C(=O)N2CCCC(C(C)C)CC2)c1. The van der Waals surface area contributed by atoms with E-state index in [1.54, 1.807) is 0 Å². The van der Waals surface area contributed by atoms with Crippen molar-refractivity contribution < 1.29 is 4.79 Å². The minimum Gasteiger partial charge on any atom is -0.339 e. The first kappa shape index (κ1) is 15.6. The summed E-state index contributed by atoms with van der Waals surface area (Å²) in [5.41, 5.74) is 1.93. The van der Waals surface area contributed by atoms with Crippen LogP contribution in [0.1, 0.15) is 49.0 Å². The number of nitrogens with zero attached hydrogens (tertiary/aromatic N) is 1. The van der Waals surface area contributed by atoms with Crippen molar-refractivity contribution in [3.8, 4) is 0 Å². The summed E-state index contributed by atoms with van der Waals surface area (Å²) >= 11 is 3.50. The van der Waals surface area contributed by atoms with Crippen LogP contribution in [-0.2, 0) is 0 Å². The standard InChI is InChI=1S/C17H24BrNO/c1-12(2)14-5-4-9-19(10-8-14)17(20)15-11-13(3)6-7-16(15)18/h6-7,11-12,14H,4-5,8-10H2,1-3H3. The van der Waals surface area contributed by atoms with Gasteiger partial charge in [-0.15, -0.1) is 0 Å². The van der Waals surface area contributed by atoms with E-state index in [-0.39, 0.29) is 5.91 Å². The quantitative estimate of drug-likeness (QED) is 0.768. The molecule has 3 heteroatoms. The first-order chi connectivity index (χ1) is 9.49. The van der Waals surface area contributed by atoms with Crippen LogP contribution >= 0.6 is 15.9 Å². The fourth-order valence-electron chi connectivity index (χ4n) is 2.97. The average molecular weight is 338 g/mol. The lowest BCUT2D eigenvalue weighted by Crippen LogP contribution is -2.32. The number of likely N-dealkylation sites (tertiary alicyclic amines) is 1. The molecule has 0 N–H and O–H groups in total. The molecule has 0 bridgehead atoms. The van der Waals surface area contributed by atoms with Crippen LogP contribution in [0, 0.1) is 18.8 Å². The van der Waals surface area contributed by atoms with Crippen molar-refractivity contribution in [3.63, 3.8) is 0 Å². The summed E-state index contributed by atoms with van der Waals surface area (Å²) in [4.78, 5) is 14.7. The zero-order valence-corrected chi connectivity index (χ0v) is 14.2. The van der Waals surface area contributed by atoms with Crippen molar-refractivity contribution in [2.45, 2.75) is 40.0 Å². The summed E-state index contributed by atoms with van der Waals surface area (Å²) < 4.78 is 0.901. The first-order valence-corrected chi connectivity index (χ1v) is 8.33. The Bertz CT molecular complexity index is 484. The second-order valence-corrected chi connectivity index (χ2v) is 7.06. The van der Waals surface area contributed by atoms with Gasteiger partial charge in [-0.05, 0) is 66.1 Å². The highest BCUT2D eigenvalue weighted by atomic mass is 79.9. The summed E-state index contributed by atoms with van der Waals surface area (Å²) in [6.45, 7) is 8.39. The maximum Gasteiger partial charge on any atom is 0.255 e. The van der Waals surface area contributed by atoms with Crippen LogP contribution in [0.25, 0.3) is 0 Å². The number of aryl methyl sites for hydroxylation is 1. The van der Waals surface area contributed by atoms with Crippen LogP contribution in [0.4, 0.5) is 0 Å². The number of hydrogen-bond acceptors (Lipinski definition) is 1. The molecule has 1 aromatic carbocycles. The highest BCUT2D eigenvalue weighted by Crippen LogP contribution is 2.26. The van der Waals surface area contributed by atoms with Crippen LogP contribution in [0.3, 0.4) is 0 Å². The van der Waals surface area contributed by atoms with Crippen LogP contribution in [0.2, 0.25) is 0 Å². The van der Waals surface area contributed by atoms with Crippen molar-refractivity contribution in [1.82, 2.24) is 4.90 Å². The molecule has 2 nitrogen and oxygen atoms in total. The molecule has 1 saturated heterocycles. The van der Waals surface area contributed by atoms with Gasteiger partial charge in [0.1, 0.15) is 0 Å². The Morgan fingerprint density at radius 2 is 2.05 bits per heavy atom. The molecule has 0 aromatic heterocycles. The molecule has 1 atom stereocenters. The van der Waals surface area contributed by atoms with Crippen molar-refractivity contribution in [2.24, 2.45) is 11.8 Å². The van der Waals surface area contributed by atoms with E-state index < -0.39 is 0 Å². The lowest BCUT2D eigenvalue weighted by molar-refractivity contribution is 0.0758. The zero-order chi connectivity index (χ0) is 14.7. The van der Waals surface area contributed by atoms with Gasteiger partial charge in [-0.3, -0.25) is 4.79 Å². The molecule has 110 valence electrons. The van der Waals surface area contributed by atoms with Crippen molar-refractivity contribution >= 4 is 21.8 Å². The molecule has 1 aliphatic rings. The summed E-state index contributed by atoms with van der Waals surface area (Å²) in [7, 11) is 0. The predicted octanol–water partition coefficient (Wildman–Crippen LogP) is 4.66. The maximum atomic E-state index is 12.7. The van der Waals surface area contributed by atoms with Gasteiger partial charge in [0.25, 0.3) is 5.91 Å². The van der Waals surface area contributed by atoms with Gasteiger partial charge in [0.15, 0.2) is 0 Å². The predicted molar refractivity (Wildman–Crippen MR) is 87.0 cm³/mol. The van der Waals surface area contributed by atoms with Crippen LogP contribution in [-0.4, -0.2) is 23.9 Å². The van der Waals surface area contributed by atoms with E-state index in [0.717, 1.165) is 53.4 Å². The topological polar surface area (TPSA) is 20.3 Å². The zero-order valence-electron chi connectivity index (χ0n) is 12.7. The Morgan fingerprint density at radius 1 is 1.30 bits per heavy atom. The normalized spacial score (nSPS) is 20.1. The van der Waals surface area contributed by atoms with Gasteiger partial charge >= 0.3 is 0 Å². The van der Waals surface area contributed by atoms with Gasteiger partial charge in [0, 0.05) is 17.6 Å². The van der Waals surface area contributed by atoms with Gasteiger partial charge in [-0.2, -0.15) is 0 Å². The highest BCUT2D eigenvalue weighted by molar-refractivity contribution is 9.10. The number of amides is 1. The summed E-state index contributed by atoms with van der Waals surface area (Å²) in [5.74, 6) is 1.65. The van der Waals surface area contributed by atoms with Crippen molar-refractivity contribution in [2.75, 3.05) is 13.1 Å². The Kier molecular flexibility index (Phi) is 5.25. The molecule has 1 heterocycles. The molecule has 1 aliphatic heterocycles. The van der Waals surface area contributed by atoms with E-state index in [1.807, 2.05) is 30.0 Å². The smallest absolute Gasteiger partial charge is 0.255 e. The summed E-state index contributed by atoms with van der Waals surface area (Å²) in [6, 6.07) is 5.98. The summed E-state index contributed by atoms with van der Waals surface area (Å²) in [6.07, 6.45) is 3.50. The second kappa shape index (κ2) is 6.75. The minimum absolute atomic E-state index is 0.171. The Balaban J connectivity index is 2.11. The third-order valence-electron chi connectivity index (χ3n) is 4.36. The third-order valence-corrected chi connectivity index (χ3v) is 5.05. The lowest BCUT2D eigenvalue weighted by Gasteiger charge is -2.22. The molecule has 0 aliphatic carbocycles. The molecular weight excluding hydrogens is 314 g/mol. The van der Waals surface area contributed by atoms with E-state index in [4.69, 9.17) is 0 Å². The molecule has 20 heavy (non-hydrogen) atoms. The number of carbonyl (C=O) groups is 1. The van der Waals surface area contributed by atoms with Crippen molar-refractivity contribution in [3.05, 3.63) is 33.8 Å². The van der Waals surface area contributed by atoms with Gasteiger partial charge in [-0.25, -0.2) is 0 Å². The number of carbonyl (C=O) groups excluding carboxylic acids is 1. The number of halogens is 1. The number of benzene rings is 1. The Hall–Kier alpha value is -0.830. The molecule has 1 amide bonds. The Labute approximate surface area is 130 Å². The van der Waals surface area contributed by atoms with Crippen LogP contribution in [0.15, 0.2) is 22.7 Å². The molecule has 1 fully saturated rings. The van der Waals surface area contributed by atoms with E-state index in [0.29, 0.717) is 0 Å². The largest absolute Gasteiger partial charge is 0.339 e. The fourth-order valence-corrected chi connectivity index (χ4v) is 3.38. The molecule has 1 unspecified atom stereocenters. The second-order valence-electron chi connectivity index (χ2n) is 6.21. The van der Waals surface area contributed by atoms with E-state index >= 15 is 0 Å². The van der Waals surface area contributed by atoms with E-state index in [9.17, 15) is 4.79 Å². The first-order valence-electron chi connectivity index (χ1n) is 7.54. The van der Waals surface area contributed by atoms with Crippen LogP contribution in [0.5, 0.6) is 0 Å². The lowest BCUT2D eigenvalue weighted by atomic mass is 9.89. The van der Waals surface area contributed by atoms with E-state index in [1.165, 1.54) is 6.42 Å². The minimum atomic E-state index is 0.171. The summed E-state index contributed by atoms with van der Waals surface area (Å²) in [5, 5.41) is 0. The van der Waals surface area contributed by atoms with Gasteiger partial charge in [0.05, 0.1) is 5.56 Å². The van der Waals surface area contributed by atoms with E-state index in [2.05, 4.69) is 29.8 Å². The molecule has 0 spiro atoms. The van der Waals surface area contributed by atoms with Crippen LogP contribution < -0.4 is 0 Å². The highest BCUT2D eigenvalue weighted by Gasteiger charge is 2.24. The Morgan fingerprint density at radius 3 is 2.75 bits per heavy atom. The average Bonchev–Trinajstić information content (AvgIpc) is 2.66. The molecule has 1 aromatic rings.